The average Bonchev–Trinajstić information content (AvgIpc) is 2.95. The summed E-state index contributed by atoms with van der Waals surface area (Å²) < 4.78 is 22.9. The van der Waals surface area contributed by atoms with Gasteiger partial charge in [0.15, 0.2) is 9.84 Å². The number of nitrogens with one attached hydrogen (secondary N) is 2. The van der Waals surface area contributed by atoms with Gasteiger partial charge in [-0.2, -0.15) is 0 Å². The monoisotopic (exact) mass is 364 g/mol. The molecule has 1 aliphatic heterocycles. The molecule has 0 bridgehead atoms. The molecule has 25 heavy (non-hydrogen) atoms. The molecule has 8 heteroatoms. The summed E-state index contributed by atoms with van der Waals surface area (Å²) in [5, 5.41) is 5.92. The predicted molar refractivity (Wildman–Crippen MR) is 96.2 cm³/mol. The SMILES string of the molecule is O=C(NC1CCS(=O)(=O)C1)c1cnc(NCCC2=CCCCC2)cn1. The van der Waals surface area contributed by atoms with Gasteiger partial charge in [0.25, 0.3) is 5.91 Å². The molecule has 1 aromatic heterocycles. The highest BCUT2D eigenvalue weighted by atomic mass is 32.2. The van der Waals surface area contributed by atoms with Crippen LogP contribution in [-0.2, 0) is 9.84 Å². The largest absolute Gasteiger partial charge is 0.368 e. The van der Waals surface area contributed by atoms with Crippen LogP contribution in [0.15, 0.2) is 24.0 Å². The first kappa shape index (κ1) is 17.8. The molecule has 0 aromatic carbocycles. The Labute approximate surface area is 148 Å². The maximum Gasteiger partial charge on any atom is 0.271 e. The van der Waals surface area contributed by atoms with Crippen LogP contribution in [0.2, 0.25) is 0 Å². The van der Waals surface area contributed by atoms with Gasteiger partial charge in [-0.3, -0.25) is 4.79 Å². The number of amides is 1. The van der Waals surface area contributed by atoms with E-state index in [4.69, 9.17) is 0 Å². The first-order chi connectivity index (χ1) is 12.0. The summed E-state index contributed by atoms with van der Waals surface area (Å²) in [7, 11) is -3.02. The first-order valence-corrected chi connectivity index (χ1v) is 10.6. The molecule has 2 N–H and O–H groups in total. The highest BCUT2D eigenvalue weighted by molar-refractivity contribution is 7.91. The topological polar surface area (TPSA) is 101 Å². The number of allylic oxidation sites excluding steroid dienone is 1. The first-order valence-electron chi connectivity index (χ1n) is 8.77. The lowest BCUT2D eigenvalue weighted by atomic mass is 9.97. The van der Waals surface area contributed by atoms with Crippen molar-refractivity contribution in [2.75, 3.05) is 23.4 Å². The summed E-state index contributed by atoms with van der Waals surface area (Å²) in [4.78, 5) is 20.4. The van der Waals surface area contributed by atoms with Crippen LogP contribution >= 0.6 is 0 Å². The number of hydrogen-bond acceptors (Lipinski definition) is 6. The van der Waals surface area contributed by atoms with E-state index in [1.54, 1.807) is 0 Å². The zero-order valence-electron chi connectivity index (χ0n) is 14.2. The maximum atomic E-state index is 12.1. The molecule has 1 fully saturated rings. The molecule has 3 rings (SSSR count). The van der Waals surface area contributed by atoms with Crippen LogP contribution in [0.4, 0.5) is 5.82 Å². The molecule has 2 heterocycles. The van der Waals surface area contributed by atoms with Crippen LogP contribution in [0.1, 0.15) is 49.0 Å². The summed E-state index contributed by atoms with van der Waals surface area (Å²) in [6.45, 7) is 0.798. The predicted octanol–water partition coefficient (Wildman–Crippen LogP) is 1.70. The normalized spacial score (nSPS) is 22.2. The quantitative estimate of drug-likeness (QED) is 0.745. The second kappa shape index (κ2) is 7.95. The van der Waals surface area contributed by atoms with Gasteiger partial charge in [0.2, 0.25) is 0 Å². The molecule has 7 nitrogen and oxygen atoms in total. The minimum absolute atomic E-state index is 0.00165. The lowest BCUT2D eigenvalue weighted by Crippen LogP contribution is -2.36. The van der Waals surface area contributed by atoms with Crippen molar-refractivity contribution in [3.63, 3.8) is 0 Å². The third-order valence-corrected chi connectivity index (χ3v) is 6.36. The summed E-state index contributed by atoms with van der Waals surface area (Å²) in [5.41, 5.74) is 1.69. The van der Waals surface area contributed by atoms with E-state index < -0.39 is 9.84 Å². The van der Waals surface area contributed by atoms with E-state index in [9.17, 15) is 13.2 Å². The van der Waals surface area contributed by atoms with E-state index in [1.165, 1.54) is 43.7 Å². The van der Waals surface area contributed by atoms with Crippen LogP contribution in [0.5, 0.6) is 0 Å². The lowest BCUT2D eigenvalue weighted by Gasteiger charge is -2.13. The highest BCUT2D eigenvalue weighted by Crippen LogP contribution is 2.19. The molecule has 2 aliphatic rings. The fourth-order valence-electron chi connectivity index (χ4n) is 3.19. The second-order valence-corrected chi connectivity index (χ2v) is 8.87. The zero-order valence-corrected chi connectivity index (χ0v) is 15.0. The van der Waals surface area contributed by atoms with Gasteiger partial charge < -0.3 is 10.6 Å². The van der Waals surface area contributed by atoms with Crippen LogP contribution in [0.3, 0.4) is 0 Å². The average molecular weight is 364 g/mol. The number of aromatic nitrogens is 2. The van der Waals surface area contributed by atoms with Gasteiger partial charge >= 0.3 is 0 Å². The van der Waals surface area contributed by atoms with Gasteiger partial charge in [0.05, 0.1) is 23.9 Å². The number of nitrogens with zero attached hydrogens (tertiary/aromatic N) is 2. The molecule has 1 unspecified atom stereocenters. The number of carbonyl (C=O) groups is 1. The highest BCUT2D eigenvalue weighted by Gasteiger charge is 2.29. The van der Waals surface area contributed by atoms with E-state index in [0.717, 1.165) is 13.0 Å². The van der Waals surface area contributed by atoms with Crippen molar-refractivity contribution < 1.29 is 13.2 Å². The van der Waals surface area contributed by atoms with Crippen molar-refractivity contribution in [3.8, 4) is 0 Å². The van der Waals surface area contributed by atoms with Crippen molar-refractivity contribution in [2.45, 2.75) is 44.6 Å². The molecule has 136 valence electrons. The molecular weight excluding hydrogens is 340 g/mol. The number of hydrogen-bond donors (Lipinski definition) is 2. The Morgan fingerprint density at radius 1 is 1.24 bits per heavy atom. The molecule has 1 aromatic rings. The number of anilines is 1. The Kier molecular flexibility index (Phi) is 5.67. The number of carbonyl (C=O) groups excluding carboxylic acids is 1. The van der Waals surface area contributed by atoms with Crippen LogP contribution in [0.25, 0.3) is 0 Å². The second-order valence-electron chi connectivity index (χ2n) is 6.65. The van der Waals surface area contributed by atoms with Crippen LogP contribution in [0, 0.1) is 0 Å². The summed E-state index contributed by atoms with van der Waals surface area (Å²) in [6, 6.07) is -0.333. The Morgan fingerprint density at radius 2 is 2.12 bits per heavy atom. The van der Waals surface area contributed by atoms with E-state index in [0.29, 0.717) is 12.2 Å². The van der Waals surface area contributed by atoms with Gasteiger partial charge in [0.1, 0.15) is 11.5 Å². The minimum Gasteiger partial charge on any atom is -0.368 e. The fourth-order valence-corrected chi connectivity index (χ4v) is 4.86. The van der Waals surface area contributed by atoms with E-state index >= 15 is 0 Å². The molecule has 1 aliphatic carbocycles. The molecule has 0 spiro atoms. The third-order valence-electron chi connectivity index (χ3n) is 4.59. The molecule has 0 saturated carbocycles. The van der Waals surface area contributed by atoms with Gasteiger partial charge in [-0.15, -0.1) is 0 Å². The zero-order chi connectivity index (χ0) is 17.7. The van der Waals surface area contributed by atoms with Crippen LogP contribution < -0.4 is 10.6 Å². The lowest BCUT2D eigenvalue weighted by molar-refractivity contribution is 0.0935. The number of rotatable bonds is 6. The van der Waals surface area contributed by atoms with Gasteiger partial charge in [-0.25, -0.2) is 18.4 Å². The third kappa shape index (κ3) is 5.26. The fraction of sp³-hybridized carbons (Fsp3) is 0.588. The van der Waals surface area contributed by atoms with Crippen molar-refractivity contribution in [1.29, 1.82) is 0 Å². The molecule has 1 amide bonds. The standard InChI is InChI=1S/C17H24N4O3S/c22-17(21-14-7-9-25(23,24)12-14)15-10-20-16(11-19-15)18-8-6-13-4-2-1-3-5-13/h4,10-11,14H,1-3,5-9,12H2,(H,18,20)(H,21,22). The Bertz CT molecular complexity index is 744. The Balaban J connectivity index is 1.46. The Morgan fingerprint density at radius 3 is 2.76 bits per heavy atom. The molecule has 1 saturated heterocycles. The molecule has 0 radical (unpaired) electrons. The van der Waals surface area contributed by atoms with Crippen LogP contribution in [-0.4, -0.2) is 48.4 Å². The smallest absolute Gasteiger partial charge is 0.271 e. The van der Waals surface area contributed by atoms with Crippen molar-refractivity contribution in [1.82, 2.24) is 15.3 Å². The van der Waals surface area contributed by atoms with E-state index in [1.807, 2.05) is 0 Å². The summed E-state index contributed by atoms with van der Waals surface area (Å²) in [5.74, 6) is 0.384. The van der Waals surface area contributed by atoms with E-state index in [2.05, 4.69) is 26.7 Å². The molecular formula is C17H24N4O3S. The van der Waals surface area contributed by atoms with Gasteiger partial charge in [-0.1, -0.05) is 11.6 Å². The Hall–Kier alpha value is -1.96. The van der Waals surface area contributed by atoms with Crippen molar-refractivity contribution in [3.05, 3.63) is 29.7 Å². The van der Waals surface area contributed by atoms with E-state index in [-0.39, 0.29) is 29.1 Å². The summed E-state index contributed by atoms with van der Waals surface area (Å²) >= 11 is 0. The number of sulfone groups is 1. The maximum absolute atomic E-state index is 12.1. The van der Waals surface area contributed by atoms with Gasteiger partial charge in [0, 0.05) is 12.6 Å². The van der Waals surface area contributed by atoms with Crippen molar-refractivity contribution >= 4 is 21.6 Å². The molecule has 1 atom stereocenters. The summed E-state index contributed by atoms with van der Waals surface area (Å²) in [6.07, 6.45) is 11.7. The van der Waals surface area contributed by atoms with Crippen molar-refractivity contribution in [2.24, 2.45) is 0 Å². The van der Waals surface area contributed by atoms with Gasteiger partial charge in [-0.05, 0) is 38.5 Å². The minimum atomic E-state index is -3.02.